The number of benzene rings is 2. The largest absolute Gasteiger partial charge is 0.471 e. The second-order valence-corrected chi connectivity index (χ2v) is 15.3. The average molecular weight is 828 g/mol. The van der Waals surface area contributed by atoms with Crippen LogP contribution < -0.4 is 5.32 Å². The van der Waals surface area contributed by atoms with Crippen molar-refractivity contribution in [3.63, 3.8) is 0 Å². The molecule has 0 spiro atoms. The fraction of sp³-hybridized carbons (Fsp3) is 0.450. The summed E-state index contributed by atoms with van der Waals surface area (Å²) >= 11 is 6.55. The number of amides is 3. The zero-order valence-corrected chi connectivity index (χ0v) is 34.3. The number of carbonyl (C=O) groups excluding carboxylic acids is 4. The monoisotopic (exact) mass is 827 g/mol. The summed E-state index contributed by atoms with van der Waals surface area (Å²) < 4.78 is 43.7. The van der Waals surface area contributed by atoms with Gasteiger partial charge in [-0.3, -0.25) is 23.9 Å². The zero-order chi connectivity index (χ0) is 42.3. The molecule has 0 bridgehead atoms. The fourth-order valence-corrected chi connectivity index (χ4v) is 7.52. The molecule has 2 aromatic carbocycles. The van der Waals surface area contributed by atoms with Gasteiger partial charge in [0.05, 0.1) is 89.3 Å². The summed E-state index contributed by atoms with van der Waals surface area (Å²) in [6.07, 6.45) is 3.84. The van der Waals surface area contributed by atoms with Crippen molar-refractivity contribution >= 4 is 41.5 Å². The Morgan fingerprint density at radius 3 is 2.33 bits per heavy atom. The number of likely N-dealkylation sites (tertiary alicyclic amines) is 1. The standard InChI is InChI=1S/C38H45ClF2N8O5.C2H4O2/c1-23-30(19-43-48(23)15-17-54-5)27-8-9-29(34(41)33(27)40)32-20-42-35(45(32)2)36(51)44-25-6-7-28(31(39)18-25)38(53)46-12-10-24(11-13-46)37(52)47-14-16-49(3,4)26(21-47)22-50;1-4-2-3/h6-9,18-20,24,26,50H,10-17,21-22H2,1-5H3;2H,1H3/p+1. The number of quaternary nitrogens is 1. The second-order valence-electron chi connectivity index (χ2n) is 14.8. The number of ether oxygens (including phenoxy) is 2. The van der Waals surface area contributed by atoms with Gasteiger partial charge in [0.1, 0.15) is 6.04 Å². The van der Waals surface area contributed by atoms with Crippen molar-refractivity contribution < 1.29 is 47.0 Å². The molecule has 6 rings (SSSR count). The first-order valence-corrected chi connectivity index (χ1v) is 19.2. The number of nitrogens with one attached hydrogen (secondary N) is 1. The minimum Gasteiger partial charge on any atom is -0.471 e. The summed E-state index contributed by atoms with van der Waals surface area (Å²) in [7, 11) is 8.53. The fourth-order valence-electron chi connectivity index (χ4n) is 7.26. The van der Waals surface area contributed by atoms with Crippen molar-refractivity contribution in [3.8, 4) is 22.4 Å². The van der Waals surface area contributed by atoms with Gasteiger partial charge in [-0.05, 0) is 44.0 Å². The van der Waals surface area contributed by atoms with Crippen LogP contribution >= 0.6 is 11.6 Å². The number of piperazine rings is 1. The van der Waals surface area contributed by atoms with E-state index in [1.54, 1.807) is 29.7 Å². The van der Waals surface area contributed by atoms with Crippen LogP contribution in [0.2, 0.25) is 5.02 Å². The maximum absolute atomic E-state index is 15.5. The molecular formula is C40H50ClF2N8O7+. The van der Waals surface area contributed by atoms with Crippen LogP contribution in [0.15, 0.2) is 42.7 Å². The van der Waals surface area contributed by atoms with Gasteiger partial charge in [0.2, 0.25) is 5.91 Å². The normalized spacial score (nSPS) is 16.7. The molecule has 58 heavy (non-hydrogen) atoms. The van der Waals surface area contributed by atoms with Crippen LogP contribution in [0.3, 0.4) is 0 Å². The molecule has 3 amide bonds. The molecule has 0 saturated carbocycles. The smallest absolute Gasteiger partial charge is 0.292 e. The molecule has 2 fully saturated rings. The Morgan fingerprint density at radius 2 is 1.69 bits per heavy atom. The lowest BCUT2D eigenvalue weighted by Crippen LogP contribution is -2.64. The molecular weight excluding hydrogens is 778 g/mol. The average Bonchev–Trinajstić information content (AvgIpc) is 3.78. The van der Waals surface area contributed by atoms with Gasteiger partial charge >= 0.3 is 0 Å². The number of anilines is 1. The maximum Gasteiger partial charge on any atom is 0.292 e. The van der Waals surface area contributed by atoms with Crippen LogP contribution in [-0.2, 0) is 32.7 Å². The Hall–Kier alpha value is -5.23. The zero-order valence-electron chi connectivity index (χ0n) is 33.5. The Bertz CT molecular complexity index is 2130. The van der Waals surface area contributed by atoms with Crippen molar-refractivity contribution in [1.82, 2.24) is 29.1 Å². The van der Waals surface area contributed by atoms with Crippen LogP contribution in [0.5, 0.6) is 0 Å². The van der Waals surface area contributed by atoms with Gasteiger partial charge in [0, 0.05) is 61.2 Å². The van der Waals surface area contributed by atoms with E-state index in [9.17, 15) is 19.5 Å². The van der Waals surface area contributed by atoms with E-state index in [4.69, 9.17) is 21.1 Å². The predicted octanol–water partition coefficient (Wildman–Crippen LogP) is 4.01. The first-order chi connectivity index (χ1) is 27.7. The molecule has 2 aromatic heterocycles. The van der Waals surface area contributed by atoms with Crippen molar-refractivity contribution in [1.29, 1.82) is 0 Å². The lowest BCUT2D eigenvalue weighted by atomic mass is 9.94. The number of imidazole rings is 1. The van der Waals surface area contributed by atoms with Crippen LogP contribution in [0.25, 0.3) is 22.4 Å². The highest BCUT2D eigenvalue weighted by atomic mass is 35.5. The summed E-state index contributed by atoms with van der Waals surface area (Å²) in [6, 6.07) is 7.44. The number of halogens is 3. The molecule has 18 heteroatoms. The Balaban J connectivity index is 0.00000153. The quantitative estimate of drug-likeness (QED) is 0.168. The number of likely N-dealkylation sites (N-methyl/N-ethyl adjacent to an activating group) is 1. The lowest BCUT2D eigenvalue weighted by Gasteiger charge is -2.46. The third-order valence-corrected chi connectivity index (χ3v) is 11.3. The van der Waals surface area contributed by atoms with E-state index < -0.39 is 17.5 Å². The van der Waals surface area contributed by atoms with Crippen LogP contribution in [0.1, 0.15) is 39.5 Å². The summed E-state index contributed by atoms with van der Waals surface area (Å²) in [5, 5.41) is 17.0. The predicted molar refractivity (Wildman–Crippen MR) is 212 cm³/mol. The van der Waals surface area contributed by atoms with Gasteiger partial charge in [-0.15, -0.1) is 0 Å². The minimum absolute atomic E-state index is 0.0151. The molecule has 1 unspecified atom stereocenters. The van der Waals surface area contributed by atoms with E-state index in [2.05, 4.69) is 34.2 Å². The molecule has 1 atom stereocenters. The minimum atomic E-state index is -1.09. The van der Waals surface area contributed by atoms with Gasteiger partial charge in [0.25, 0.3) is 18.3 Å². The number of rotatable bonds is 11. The highest BCUT2D eigenvalue weighted by Crippen LogP contribution is 2.33. The molecule has 0 radical (unpaired) electrons. The summed E-state index contributed by atoms with van der Waals surface area (Å²) in [4.78, 5) is 56.7. The van der Waals surface area contributed by atoms with Crippen molar-refractivity contribution in [2.75, 3.05) is 79.6 Å². The van der Waals surface area contributed by atoms with Crippen molar-refractivity contribution in [2.45, 2.75) is 32.4 Å². The molecule has 2 aliphatic heterocycles. The molecule has 2 aliphatic rings. The molecule has 4 heterocycles. The van der Waals surface area contributed by atoms with E-state index in [0.717, 1.165) is 6.54 Å². The third kappa shape index (κ3) is 9.38. The third-order valence-electron chi connectivity index (χ3n) is 11.0. The highest BCUT2D eigenvalue weighted by Gasteiger charge is 2.39. The number of carbonyl (C=O) groups is 4. The van der Waals surface area contributed by atoms with Crippen LogP contribution in [0, 0.1) is 24.5 Å². The van der Waals surface area contributed by atoms with E-state index in [-0.39, 0.29) is 63.6 Å². The Kier molecular flexibility index (Phi) is 14.4. The molecule has 2 saturated heterocycles. The van der Waals surface area contributed by atoms with Gasteiger partial charge in [0.15, 0.2) is 17.5 Å². The molecule has 15 nitrogen and oxygen atoms in total. The first kappa shape index (κ1) is 43.9. The number of aromatic nitrogens is 4. The number of hydrogen-bond acceptors (Lipinski definition) is 9. The van der Waals surface area contributed by atoms with Gasteiger partial charge in [-0.2, -0.15) is 5.10 Å². The number of aliphatic hydroxyl groups excluding tert-OH is 1. The topological polar surface area (TPSA) is 161 Å². The van der Waals surface area contributed by atoms with Gasteiger partial charge in [-0.1, -0.05) is 17.7 Å². The Morgan fingerprint density at radius 1 is 1.02 bits per heavy atom. The number of aliphatic hydroxyl groups is 1. The van der Waals surface area contributed by atoms with Crippen molar-refractivity contribution in [3.05, 3.63) is 76.5 Å². The first-order valence-electron chi connectivity index (χ1n) is 18.8. The van der Waals surface area contributed by atoms with Crippen LogP contribution in [-0.4, -0.2) is 143 Å². The molecule has 4 aromatic rings. The van der Waals surface area contributed by atoms with Gasteiger partial charge < -0.3 is 38.7 Å². The Labute approximate surface area is 340 Å². The van der Waals surface area contributed by atoms with Crippen molar-refractivity contribution in [2.24, 2.45) is 13.0 Å². The summed E-state index contributed by atoms with van der Waals surface area (Å²) in [5.74, 6) is -3.21. The second kappa shape index (κ2) is 19.0. The number of nitrogens with zero attached hydrogens (tertiary/aromatic N) is 7. The maximum atomic E-state index is 15.5. The van der Waals surface area contributed by atoms with Gasteiger partial charge in [-0.25, -0.2) is 13.8 Å². The summed E-state index contributed by atoms with van der Waals surface area (Å²) in [6.45, 7) is 5.77. The van der Waals surface area contributed by atoms with E-state index in [0.29, 0.717) is 80.1 Å². The summed E-state index contributed by atoms with van der Waals surface area (Å²) in [5.41, 5.74) is 1.87. The molecule has 312 valence electrons. The number of hydrogen-bond donors (Lipinski definition) is 2. The van der Waals surface area contributed by atoms with E-state index >= 15 is 8.78 Å². The number of methoxy groups -OCH3 is 2. The molecule has 2 N–H and O–H groups in total. The number of piperidine rings is 1. The van der Waals surface area contributed by atoms with E-state index in [1.165, 1.54) is 55.4 Å². The lowest BCUT2D eigenvalue weighted by molar-refractivity contribution is -0.919. The highest BCUT2D eigenvalue weighted by molar-refractivity contribution is 6.34. The molecule has 0 aliphatic carbocycles. The SMILES string of the molecule is COC=O.COCCn1ncc(-c2ccc(-c3cnc(C(=O)Nc4ccc(C(=O)N5CCC(C(=O)N6CC[N+](C)(C)C(CO)C6)CC5)c(Cl)c4)n3C)c(F)c2F)c1C. The van der Waals surface area contributed by atoms with Crippen LogP contribution in [0.4, 0.5) is 14.5 Å². The van der Waals surface area contributed by atoms with E-state index in [1.807, 2.05) is 4.90 Å².